The number of fused-ring (bicyclic) bond motifs is 1. The van der Waals surface area contributed by atoms with Crippen molar-refractivity contribution in [3.05, 3.63) is 29.3 Å². The number of halogens is 2. The largest absolute Gasteiger partial charge is 0.481 e. The summed E-state index contributed by atoms with van der Waals surface area (Å²) >= 11 is 0. The predicted molar refractivity (Wildman–Crippen MR) is 77.3 cm³/mol. The maximum atomic E-state index is 14.0. The first-order valence-corrected chi connectivity index (χ1v) is 8.82. The van der Waals surface area contributed by atoms with Gasteiger partial charge in [-0.25, -0.2) is 17.2 Å². The van der Waals surface area contributed by atoms with E-state index in [9.17, 15) is 27.1 Å². The van der Waals surface area contributed by atoms with Gasteiger partial charge in [0.1, 0.15) is 16.5 Å². The van der Waals surface area contributed by atoms with Crippen molar-refractivity contribution in [1.29, 1.82) is 0 Å². The summed E-state index contributed by atoms with van der Waals surface area (Å²) in [6.07, 6.45) is 1.77. The molecular formula is C15H17F2NO4S. The third kappa shape index (κ3) is 2.35. The summed E-state index contributed by atoms with van der Waals surface area (Å²) in [5, 5.41) is 9.51. The SMILES string of the molecule is Cc1cc(F)c(S(=O)(=O)N2C[C@@H]3CCC[C@@]3(C(=O)O)C2)cc1F. The smallest absolute Gasteiger partial charge is 0.311 e. The molecule has 2 atom stereocenters. The molecule has 1 saturated heterocycles. The van der Waals surface area contributed by atoms with Gasteiger partial charge >= 0.3 is 5.97 Å². The number of hydrogen-bond acceptors (Lipinski definition) is 3. The highest BCUT2D eigenvalue weighted by Gasteiger charge is 2.57. The number of hydrogen-bond donors (Lipinski definition) is 1. The minimum absolute atomic E-state index is 0.0155. The van der Waals surface area contributed by atoms with Crippen molar-refractivity contribution in [2.75, 3.05) is 13.1 Å². The Morgan fingerprint density at radius 2 is 2.04 bits per heavy atom. The van der Waals surface area contributed by atoms with Gasteiger partial charge in [-0.05, 0) is 43.4 Å². The minimum Gasteiger partial charge on any atom is -0.481 e. The number of carboxylic acids is 1. The first-order chi connectivity index (χ1) is 10.7. The van der Waals surface area contributed by atoms with Gasteiger partial charge in [-0.2, -0.15) is 4.31 Å². The van der Waals surface area contributed by atoms with Crippen LogP contribution in [-0.2, 0) is 14.8 Å². The highest BCUT2D eigenvalue weighted by atomic mass is 32.2. The zero-order chi connectivity index (χ0) is 17.0. The molecule has 126 valence electrons. The molecule has 1 aliphatic carbocycles. The fourth-order valence-corrected chi connectivity index (χ4v) is 5.35. The van der Waals surface area contributed by atoms with E-state index in [2.05, 4.69) is 0 Å². The van der Waals surface area contributed by atoms with Crippen molar-refractivity contribution in [3.8, 4) is 0 Å². The van der Waals surface area contributed by atoms with Crippen LogP contribution in [0.2, 0.25) is 0 Å². The fraction of sp³-hybridized carbons (Fsp3) is 0.533. The molecule has 1 aromatic carbocycles. The van der Waals surface area contributed by atoms with Crippen LogP contribution in [0.3, 0.4) is 0 Å². The van der Waals surface area contributed by atoms with Gasteiger partial charge in [0.2, 0.25) is 10.0 Å². The van der Waals surface area contributed by atoms with Crippen molar-refractivity contribution < 1.29 is 27.1 Å². The summed E-state index contributed by atoms with van der Waals surface area (Å²) in [7, 11) is -4.27. The Labute approximate surface area is 133 Å². The molecule has 2 aliphatic rings. The number of sulfonamides is 1. The summed E-state index contributed by atoms with van der Waals surface area (Å²) in [4.78, 5) is 10.9. The van der Waals surface area contributed by atoms with Crippen molar-refractivity contribution in [1.82, 2.24) is 4.31 Å². The van der Waals surface area contributed by atoms with Crippen molar-refractivity contribution in [3.63, 3.8) is 0 Å². The highest BCUT2D eigenvalue weighted by molar-refractivity contribution is 7.89. The average molecular weight is 345 g/mol. The molecule has 8 heteroatoms. The predicted octanol–water partition coefficient (Wildman–Crippen LogP) is 2.15. The lowest BCUT2D eigenvalue weighted by Gasteiger charge is -2.23. The van der Waals surface area contributed by atoms with E-state index < -0.39 is 37.9 Å². The number of benzene rings is 1. The number of carbonyl (C=O) groups is 1. The lowest BCUT2D eigenvalue weighted by Crippen LogP contribution is -2.37. The van der Waals surface area contributed by atoms with E-state index in [1.165, 1.54) is 6.92 Å². The van der Waals surface area contributed by atoms with E-state index in [4.69, 9.17) is 0 Å². The van der Waals surface area contributed by atoms with Crippen LogP contribution in [-0.4, -0.2) is 36.9 Å². The molecule has 23 heavy (non-hydrogen) atoms. The first kappa shape index (κ1) is 16.3. The number of aryl methyl sites for hydroxylation is 1. The molecule has 1 saturated carbocycles. The fourth-order valence-electron chi connectivity index (χ4n) is 3.74. The van der Waals surface area contributed by atoms with Crippen LogP contribution in [0.15, 0.2) is 17.0 Å². The first-order valence-electron chi connectivity index (χ1n) is 7.38. The molecule has 0 amide bonds. The van der Waals surface area contributed by atoms with E-state index in [0.717, 1.165) is 16.8 Å². The summed E-state index contributed by atoms with van der Waals surface area (Å²) in [5.41, 5.74) is -1.09. The quantitative estimate of drug-likeness (QED) is 0.911. The maximum absolute atomic E-state index is 14.0. The van der Waals surface area contributed by atoms with Crippen LogP contribution in [0.4, 0.5) is 8.78 Å². The van der Waals surface area contributed by atoms with Gasteiger partial charge < -0.3 is 5.11 Å². The monoisotopic (exact) mass is 345 g/mol. The van der Waals surface area contributed by atoms with E-state index in [1.54, 1.807) is 0 Å². The second-order valence-electron chi connectivity index (χ2n) is 6.38. The molecule has 1 N–H and O–H groups in total. The Kier molecular flexibility index (Phi) is 3.72. The Morgan fingerprint density at radius 3 is 2.65 bits per heavy atom. The molecule has 5 nitrogen and oxygen atoms in total. The van der Waals surface area contributed by atoms with E-state index >= 15 is 0 Å². The third-order valence-corrected chi connectivity index (χ3v) is 6.92. The van der Waals surface area contributed by atoms with E-state index in [0.29, 0.717) is 18.9 Å². The molecule has 1 aromatic rings. The Morgan fingerprint density at radius 1 is 1.35 bits per heavy atom. The zero-order valence-electron chi connectivity index (χ0n) is 12.6. The van der Waals surface area contributed by atoms with Crippen LogP contribution in [0.25, 0.3) is 0 Å². The van der Waals surface area contributed by atoms with Gasteiger partial charge in [-0.15, -0.1) is 0 Å². The highest BCUT2D eigenvalue weighted by Crippen LogP contribution is 2.50. The maximum Gasteiger partial charge on any atom is 0.311 e. The van der Waals surface area contributed by atoms with Gasteiger partial charge in [0, 0.05) is 13.1 Å². The van der Waals surface area contributed by atoms with Gasteiger partial charge in [0.05, 0.1) is 5.41 Å². The molecule has 1 aliphatic heterocycles. The number of nitrogens with zero attached hydrogens (tertiary/aromatic N) is 1. The summed E-state index contributed by atoms with van der Waals surface area (Å²) < 4.78 is 54.0. The lowest BCUT2D eigenvalue weighted by atomic mass is 9.81. The second-order valence-corrected chi connectivity index (χ2v) is 8.29. The zero-order valence-corrected chi connectivity index (χ0v) is 13.4. The summed E-state index contributed by atoms with van der Waals surface area (Å²) in [5.74, 6) is -3.14. The molecule has 0 unspecified atom stereocenters. The molecule has 0 aromatic heterocycles. The van der Waals surface area contributed by atoms with Crippen LogP contribution < -0.4 is 0 Å². The molecular weight excluding hydrogens is 328 g/mol. The van der Waals surface area contributed by atoms with E-state index in [-0.39, 0.29) is 24.6 Å². The summed E-state index contributed by atoms with van der Waals surface area (Å²) in [6.45, 7) is 1.18. The molecule has 2 fully saturated rings. The van der Waals surface area contributed by atoms with Crippen LogP contribution in [0, 0.1) is 29.9 Å². The van der Waals surface area contributed by atoms with Crippen LogP contribution in [0.5, 0.6) is 0 Å². The minimum atomic E-state index is -4.27. The number of carboxylic acid groups (broad SMARTS) is 1. The van der Waals surface area contributed by atoms with Gasteiger partial charge in [0.25, 0.3) is 0 Å². The van der Waals surface area contributed by atoms with Crippen molar-refractivity contribution in [2.45, 2.75) is 31.1 Å². The Balaban J connectivity index is 2.00. The molecule has 3 rings (SSSR count). The molecule has 0 radical (unpaired) electrons. The van der Waals surface area contributed by atoms with Crippen LogP contribution in [0.1, 0.15) is 24.8 Å². The van der Waals surface area contributed by atoms with Gasteiger partial charge in [0.15, 0.2) is 0 Å². The Hall–Kier alpha value is -1.54. The number of aliphatic carboxylic acids is 1. The van der Waals surface area contributed by atoms with Gasteiger partial charge in [-0.1, -0.05) is 6.42 Å². The molecule has 1 heterocycles. The summed E-state index contributed by atoms with van der Waals surface area (Å²) in [6, 6.07) is 1.51. The standard InChI is InChI=1S/C15H17F2NO4S/c1-9-5-12(17)13(6-11(9)16)23(21,22)18-7-10-3-2-4-15(10,8-18)14(19)20/h5-6,10H,2-4,7-8H2,1H3,(H,19,20)/t10-,15+/m0/s1. The average Bonchev–Trinajstić information content (AvgIpc) is 3.00. The molecule has 0 spiro atoms. The lowest BCUT2D eigenvalue weighted by molar-refractivity contribution is -0.149. The topological polar surface area (TPSA) is 74.7 Å². The van der Waals surface area contributed by atoms with Gasteiger partial charge in [-0.3, -0.25) is 4.79 Å². The third-order valence-electron chi connectivity index (χ3n) is 5.10. The number of rotatable bonds is 3. The van der Waals surface area contributed by atoms with E-state index in [1.807, 2.05) is 0 Å². The van der Waals surface area contributed by atoms with Crippen molar-refractivity contribution in [2.24, 2.45) is 11.3 Å². The molecule has 0 bridgehead atoms. The Bertz CT molecular complexity index is 780. The normalized spacial score (nSPS) is 28.0. The second kappa shape index (κ2) is 5.24. The van der Waals surface area contributed by atoms with Crippen LogP contribution >= 0.6 is 0 Å². The van der Waals surface area contributed by atoms with Crippen molar-refractivity contribution >= 4 is 16.0 Å².